The van der Waals surface area contributed by atoms with E-state index in [1.54, 1.807) is 24.3 Å². The Morgan fingerprint density at radius 2 is 1.83 bits per heavy atom. The summed E-state index contributed by atoms with van der Waals surface area (Å²) in [5.41, 5.74) is 1.17. The number of esters is 1. The van der Waals surface area contributed by atoms with Crippen LogP contribution in [-0.4, -0.2) is 16.8 Å². The standard InChI is InChI=1S/C16H12N2O5/c1-10(19)17-14-5-3-2-4-13(14)16(20)23-15(17)11-6-8-12(9-7-11)18(21)22/h2-9,15H,1H3. The number of ether oxygens (including phenoxy) is 1. The molecule has 7 nitrogen and oxygen atoms in total. The zero-order valence-electron chi connectivity index (χ0n) is 12.1. The van der Waals surface area contributed by atoms with Gasteiger partial charge in [-0.1, -0.05) is 12.1 Å². The molecule has 0 bridgehead atoms. The molecule has 116 valence electrons. The van der Waals surface area contributed by atoms with Gasteiger partial charge in [0, 0.05) is 24.6 Å². The number of rotatable bonds is 2. The maximum absolute atomic E-state index is 12.1. The van der Waals surface area contributed by atoms with Crippen molar-refractivity contribution >= 4 is 23.3 Å². The second kappa shape index (κ2) is 5.53. The number of nitro benzene ring substituents is 1. The van der Waals surface area contributed by atoms with Crippen molar-refractivity contribution in [2.75, 3.05) is 4.90 Å². The highest BCUT2D eigenvalue weighted by molar-refractivity contribution is 6.04. The van der Waals surface area contributed by atoms with Gasteiger partial charge in [0.2, 0.25) is 12.1 Å². The summed E-state index contributed by atoms with van der Waals surface area (Å²) in [4.78, 5) is 35.8. The summed E-state index contributed by atoms with van der Waals surface area (Å²) in [5, 5.41) is 10.7. The molecule has 0 spiro atoms. The number of hydrogen-bond donors (Lipinski definition) is 0. The van der Waals surface area contributed by atoms with Gasteiger partial charge in [-0.05, 0) is 24.3 Å². The fourth-order valence-electron chi connectivity index (χ4n) is 2.51. The summed E-state index contributed by atoms with van der Waals surface area (Å²) in [6, 6.07) is 12.2. The number of carbonyl (C=O) groups is 2. The van der Waals surface area contributed by atoms with Crippen LogP contribution < -0.4 is 4.90 Å². The first-order valence-electron chi connectivity index (χ1n) is 6.83. The lowest BCUT2D eigenvalue weighted by Gasteiger charge is -2.35. The largest absolute Gasteiger partial charge is 0.433 e. The number of fused-ring (bicyclic) bond motifs is 1. The molecule has 1 aliphatic heterocycles. The van der Waals surface area contributed by atoms with Crippen LogP contribution in [0.3, 0.4) is 0 Å². The van der Waals surface area contributed by atoms with Gasteiger partial charge in [0.1, 0.15) is 0 Å². The molecule has 0 N–H and O–H groups in total. The molecule has 0 aromatic heterocycles. The number of cyclic esters (lactones) is 1. The number of nitrogens with zero attached hydrogens (tertiary/aromatic N) is 2. The SMILES string of the molecule is CC(=O)N1c2ccccc2C(=O)OC1c1ccc([N+](=O)[O-])cc1. The van der Waals surface area contributed by atoms with Crippen LogP contribution >= 0.6 is 0 Å². The molecular formula is C16H12N2O5. The minimum absolute atomic E-state index is 0.0781. The first-order chi connectivity index (χ1) is 11.0. The lowest BCUT2D eigenvalue weighted by molar-refractivity contribution is -0.384. The molecule has 23 heavy (non-hydrogen) atoms. The number of para-hydroxylation sites is 1. The summed E-state index contributed by atoms with van der Waals surface area (Å²) in [5.74, 6) is -0.838. The van der Waals surface area contributed by atoms with Gasteiger partial charge >= 0.3 is 5.97 Å². The summed E-state index contributed by atoms with van der Waals surface area (Å²) >= 11 is 0. The molecule has 0 radical (unpaired) electrons. The minimum Gasteiger partial charge on any atom is -0.433 e. The van der Waals surface area contributed by atoms with E-state index in [4.69, 9.17) is 4.74 Å². The summed E-state index contributed by atoms with van der Waals surface area (Å²) < 4.78 is 5.37. The van der Waals surface area contributed by atoms with Gasteiger partial charge in [-0.15, -0.1) is 0 Å². The summed E-state index contributed by atoms with van der Waals surface area (Å²) in [7, 11) is 0. The molecule has 0 aliphatic carbocycles. The molecule has 2 aromatic rings. The van der Waals surface area contributed by atoms with E-state index in [2.05, 4.69) is 0 Å². The van der Waals surface area contributed by atoms with Crippen molar-refractivity contribution in [2.24, 2.45) is 0 Å². The highest BCUT2D eigenvalue weighted by Crippen LogP contribution is 2.37. The third-order valence-electron chi connectivity index (χ3n) is 3.56. The maximum atomic E-state index is 12.1. The van der Waals surface area contributed by atoms with Crippen molar-refractivity contribution in [1.29, 1.82) is 0 Å². The van der Waals surface area contributed by atoms with Crippen LogP contribution in [0.4, 0.5) is 11.4 Å². The third-order valence-corrected chi connectivity index (χ3v) is 3.56. The zero-order chi connectivity index (χ0) is 16.6. The van der Waals surface area contributed by atoms with E-state index in [0.717, 1.165) is 0 Å². The Labute approximate surface area is 131 Å². The summed E-state index contributed by atoms with van der Waals surface area (Å²) in [6.45, 7) is 1.37. The van der Waals surface area contributed by atoms with Crippen molar-refractivity contribution in [3.63, 3.8) is 0 Å². The van der Waals surface area contributed by atoms with Crippen molar-refractivity contribution in [3.05, 3.63) is 69.8 Å². The average Bonchev–Trinajstić information content (AvgIpc) is 2.54. The Morgan fingerprint density at radius 3 is 2.43 bits per heavy atom. The normalized spacial score (nSPS) is 16.5. The molecule has 0 saturated carbocycles. The molecule has 7 heteroatoms. The lowest BCUT2D eigenvalue weighted by atomic mass is 10.1. The van der Waals surface area contributed by atoms with Crippen molar-refractivity contribution in [2.45, 2.75) is 13.2 Å². The van der Waals surface area contributed by atoms with E-state index < -0.39 is 17.1 Å². The zero-order valence-corrected chi connectivity index (χ0v) is 12.1. The van der Waals surface area contributed by atoms with Gasteiger partial charge in [-0.25, -0.2) is 4.79 Å². The van der Waals surface area contributed by atoms with Crippen LogP contribution in [0.5, 0.6) is 0 Å². The molecule has 2 aromatic carbocycles. The Hall–Kier alpha value is -3.22. The average molecular weight is 312 g/mol. The molecule has 0 fully saturated rings. The monoisotopic (exact) mass is 312 g/mol. The lowest BCUT2D eigenvalue weighted by Crippen LogP contribution is -2.40. The summed E-state index contributed by atoms with van der Waals surface area (Å²) in [6.07, 6.45) is -0.948. The molecule has 1 aliphatic rings. The first kappa shape index (κ1) is 14.7. The van der Waals surface area contributed by atoms with Gasteiger partial charge in [0.25, 0.3) is 5.69 Å². The molecule has 1 heterocycles. The van der Waals surface area contributed by atoms with Crippen LogP contribution in [0.25, 0.3) is 0 Å². The molecule has 3 rings (SSSR count). The van der Waals surface area contributed by atoms with Gasteiger partial charge in [0.15, 0.2) is 0 Å². The quantitative estimate of drug-likeness (QED) is 0.483. The second-order valence-corrected chi connectivity index (χ2v) is 5.01. The molecule has 0 saturated heterocycles. The maximum Gasteiger partial charge on any atom is 0.342 e. The number of carbonyl (C=O) groups excluding carboxylic acids is 2. The minimum atomic E-state index is -0.948. The number of anilines is 1. The van der Waals surface area contributed by atoms with Gasteiger partial charge in [-0.2, -0.15) is 0 Å². The fourth-order valence-corrected chi connectivity index (χ4v) is 2.51. The number of nitro groups is 1. The van der Waals surface area contributed by atoms with Crippen molar-refractivity contribution in [1.82, 2.24) is 0 Å². The number of hydrogen-bond acceptors (Lipinski definition) is 5. The van der Waals surface area contributed by atoms with Crippen molar-refractivity contribution < 1.29 is 19.2 Å². The predicted molar refractivity (Wildman–Crippen MR) is 80.9 cm³/mol. The molecule has 1 unspecified atom stereocenters. The topological polar surface area (TPSA) is 89.8 Å². The first-order valence-corrected chi connectivity index (χ1v) is 6.83. The van der Waals surface area contributed by atoms with E-state index in [1.807, 2.05) is 0 Å². The van der Waals surface area contributed by atoms with E-state index >= 15 is 0 Å². The molecule has 1 atom stereocenters. The Bertz CT molecular complexity index is 800. The van der Waals surface area contributed by atoms with Gasteiger partial charge in [-0.3, -0.25) is 19.8 Å². The van der Waals surface area contributed by atoms with Crippen LogP contribution in [0.2, 0.25) is 0 Å². The van der Waals surface area contributed by atoms with E-state index in [9.17, 15) is 19.7 Å². The number of amides is 1. The Balaban J connectivity index is 2.06. The Morgan fingerprint density at radius 1 is 1.17 bits per heavy atom. The van der Waals surface area contributed by atoms with Crippen LogP contribution in [0.15, 0.2) is 48.5 Å². The van der Waals surface area contributed by atoms with E-state index in [0.29, 0.717) is 16.8 Å². The highest BCUT2D eigenvalue weighted by Gasteiger charge is 2.36. The molecular weight excluding hydrogens is 300 g/mol. The fraction of sp³-hybridized carbons (Fsp3) is 0.125. The second-order valence-electron chi connectivity index (χ2n) is 5.01. The number of non-ortho nitro benzene ring substituents is 1. The van der Waals surface area contributed by atoms with Crippen LogP contribution in [-0.2, 0) is 9.53 Å². The van der Waals surface area contributed by atoms with Crippen LogP contribution in [0, 0.1) is 10.1 Å². The van der Waals surface area contributed by atoms with Crippen molar-refractivity contribution in [3.8, 4) is 0 Å². The smallest absolute Gasteiger partial charge is 0.342 e. The predicted octanol–water partition coefficient (Wildman–Crippen LogP) is 2.82. The van der Waals surface area contributed by atoms with E-state index in [1.165, 1.54) is 36.1 Å². The molecule has 1 amide bonds. The van der Waals surface area contributed by atoms with Gasteiger partial charge in [0.05, 0.1) is 16.2 Å². The Kier molecular flexibility index (Phi) is 3.53. The number of benzene rings is 2. The third kappa shape index (κ3) is 2.52. The highest BCUT2D eigenvalue weighted by atomic mass is 16.6. The van der Waals surface area contributed by atoms with Crippen LogP contribution in [0.1, 0.15) is 29.1 Å². The van der Waals surface area contributed by atoms with E-state index in [-0.39, 0.29) is 11.6 Å². The van der Waals surface area contributed by atoms with Gasteiger partial charge < -0.3 is 4.74 Å².